The number of nitrogens with zero attached hydrogens (tertiary/aromatic N) is 1. The second-order valence-corrected chi connectivity index (χ2v) is 5.09. The highest BCUT2D eigenvalue weighted by molar-refractivity contribution is 5.04. The highest BCUT2D eigenvalue weighted by Crippen LogP contribution is 2.11. The summed E-state index contributed by atoms with van der Waals surface area (Å²) in [5, 5.41) is 9.90. The summed E-state index contributed by atoms with van der Waals surface area (Å²) in [5.74, 6) is 0. The molecule has 2 nitrogen and oxygen atoms in total. The average molecular weight is 249 g/mol. The van der Waals surface area contributed by atoms with Crippen molar-refractivity contribution in [3.63, 3.8) is 0 Å². The molecular formula is C16H27NO. The van der Waals surface area contributed by atoms with E-state index >= 15 is 0 Å². The van der Waals surface area contributed by atoms with E-state index in [1.54, 1.807) is 6.20 Å². The van der Waals surface area contributed by atoms with E-state index in [1.165, 1.54) is 38.5 Å². The molecule has 102 valence electrons. The maximum absolute atomic E-state index is 9.90. The molecule has 0 fully saturated rings. The van der Waals surface area contributed by atoms with Crippen LogP contribution in [0.25, 0.3) is 0 Å². The summed E-state index contributed by atoms with van der Waals surface area (Å²) in [6.07, 6.45) is 12.3. The summed E-state index contributed by atoms with van der Waals surface area (Å²) < 4.78 is 0. The lowest BCUT2D eigenvalue weighted by Crippen LogP contribution is -2.11. The quantitative estimate of drug-likeness (QED) is 0.633. The van der Waals surface area contributed by atoms with Crippen LogP contribution in [0.2, 0.25) is 0 Å². The maximum atomic E-state index is 9.90. The van der Waals surface area contributed by atoms with Gasteiger partial charge in [-0.25, -0.2) is 0 Å². The Morgan fingerprint density at radius 3 is 2.44 bits per heavy atom. The topological polar surface area (TPSA) is 33.1 Å². The Balaban J connectivity index is 1.99. The van der Waals surface area contributed by atoms with Crippen LogP contribution < -0.4 is 0 Å². The second-order valence-electron chi connectivity index (χ2n) is 5.09. The zero-order valence-corrected chi connectivity index (χ0v) is 11.6. The smallest absolute Gasteiger partial charge is 0.0595 e. The van der Waals surface area contributed by atoms with Gasteiger partial charge < -0.3 is 5.11 Å². The van der Waals surface area contributed by atoms with E-state index in [2.05, 4.69) is 11.9 Å². The summed E-state index contributed by atoms with van der Waals surface area (Å²) in [7, 11) is 0. The van der Waals surface area contributed by atoms with E-state index in [0.29, 0.717) is 6.42 Å². The van der Waals surface area contributed by atoms with Crippen LogP contribution in [0.5, 0.6) is 0 Å². The number of unbranched alkanes of at least 4 members (excludes halogenated alkanes) is 6. The SMILES string of the molecule is CCCCCCCCCC(O)Cc1ccccn1. The molecule has 0 aromatic carbocycles. The molecule has 0 saturated carbocycles. The highest BCUT2D eigenvalue weighted by Gasteiger charge is 2.05. The Morgan fingerprint density at radius 2 is 1.78 bits per heavy atom. The van der Waals surface area contributed by atoms with Crippen molar-refractivity contribution in [1.29, 1.82) is 0 Å². The van der Waals surface area contributed by atoms with E-state index in [4.69, 9.17) is 0 Å². The highest BCUT2D eigenvalue weighted by atomic mass is 16.3. The molecule has 0 radical (unpaired) electrons. The summed E-state index contributed by atoms with van der Waals surface area (Å²) in [6, 6.07) is 5.86. The minimum Gasteiger partial charge on any atom is -0.393 e. The van der Waals surface area contributed by atoms with Gasteiger partial charge in [0.15, 0.2) is 0 Å². The van der Waals surface area contributed by atoms with Gasteiger partial charge in [-0.05, 0) is 18.6 Å². The molecule has 0 amide bonds. The third-order valence-corrected chi connectivity index (χ3v) is 3.31. The van der Waals surface area contributed by atoms with Gasteiger partial charge in [0.1, 0.15) is 0 Å². The first kappa shape index (κ1) is 15.2. The number of aromatic nitrogens is 1. The Bertz CT molecular complexity index is 286. The first-order valence-electron chi connectivity index (χ1n) is 7.41. The van der Waals surface area contributed by atoms with E-state index in [9.17, 15) is 5.11 Å². The van der Waals surface area contributed by atoms with Gasteiger partial charge in [0.2, 0.25) is 0 Å². The number of hydrogen-bond acceptors (Lipinski definition) is 2. The molecule has 1 rings (SSSR count). The van der Waals surface area contributed by atoms with Crippen LogP contribution in [0.15, 0.2) is 24.4 Å². The zero-order chi connectivity index (χ0) is 13.1. The van der Waals surface area contributed by atoms with Crippen molar-refractivity contribution >= 4 is 0 Å². The summed E-state index contributed by atoms with van der Waals surface area (Å²) in [4.78, 5) is 4.24. The number of aliphatic hydroxyl groups excluding tert-OH is 1. The minimum absolute atomic E-state index is 0.226. The third-order valence-electron chi connectivity index (χ3n) is 3.31. The number of aliphatic hydroxyl groups is 1. The fourth-order valence-corrected chi connectivity index (χ4v) is 2.20. The fraction of sp³-hybridized carbons (Fsp3) is 0.688. The molecule has 0 aliphatic rings. The number of rotatable bonds is 10. The van der Waals surface area contributed by atoms with Crippen LogP contribution in [0.1, 0.15) is 64.0 Å². The summed E-state index contributed by atoms with van der Waals surface area (Å²) >= 11 is 0. The normalized spacial score (nSPS) is 12.6. The van der Waals surface area contributed by atoms with Gasteiger partial charge in [-0.15, -0.1) is 0 Å². The van der Waals surface area contributed by atoms with Crippen LogP contribution in [-0.2, 0) is 6.42 Å². The standard InChI is InChI=1S/C16H27NO/c1-2-3-4-5-6-7-8-12-16(18)14-15-11-9-10-13-17-15/h9-11,13,16,18H,2-8,12,14H2,1H3. The minimum atomic E-state index is -0.226. The lowest BCUT2D eigenvalue weighted by molar-refractivity contribution is 0.159. The van der Waals surface area contributed by atoms with Crippen molar-refractivity contribution in [3.05, 3.63) is 30.1 Å². The Labute approximate surface area is 111 Å². The van der Waals surface area contributed by atoms with Crippen LogP contribution >= 0.6 is 0 Å². The Hall–Kier alpha value is -0.890. The lowest BCUT2D eigenvalue weighted by Gasteiger charge is -2.09. The van der Waals surface area contributed by atoms with Crippen molar-refractivity contribution in [3.8, 4) is 0 Å². The van der Waals surface area contributed by atoms with Crippen molar-refractivity contribution in [2.75, 3.05) is 0 Å². The van der Waals surface area contributed by atoms with Crippen molar-refractivity contribution in [2.24, 2.45) is 0 Å². The van der Waals surface area contributed by atoms with Crippen LogP contribution in [0.3, 0.4) is 0 Å². The summed E-state index contributed by atoms with van der Waals surface area (Å²) in [6.45, 7) is 2.24. The molecule has 0 aliphatic heterocycles. The molecule has 0 spiro atoms. The third kappa shape index (κ3) is 7.44. The van der Waals surface area contributed by atoms with E-state index in [0.717, 1.165) is 18.5 Å². The van der Waals surface area contributed by atoms with E-state index in [1.807, 2.05) is 18.2 Å². The predicted molar refractivity (Wildman–Crippen MR) is 76.6 cm³/mol. The molecule has 0 saturated heterocycles. The van der Waals surface area contributed by atoms with Crippen molar-refractivity contribution < 1.29 is 5.11 Å². The molecule has 1 N–H and O–H groups in total. The van der Waals surface area contributed by atoms with E-state index in [-0.39, 0.29) is 6.10 Å². The largest absolute Gasteiger partial charge is 0.393 e. The Morgan fingerprint density at radius 1 is 1.06 bits per heavy atom. The first-order chi connectivity index (χ1) is 8.83. The molecule has 1 aromatic rings. The fourth-order valence-electron chi connectivity index (χ4n) is 2.20. The molecule has 1 unspecified atom stereocenters. The van der Waals surface area contributed by atoms with Crippen LogP contribution in [0, 0.1) is 0 Å². The van der Waals surface area contributed by atoms with Gasteiger partial charge in [-0.2, -0.15) is 0 Å². The molecule has 18 heavy (non-hydrogen) atoms. The lowest BCUT2D eigenvalue weighted by atomic mass is 10.0. The molecule has 1 atom stereocenters. The van der Waals surface area contributed by atoms with Gasteiger partial charge >= 0.3 is 0 Å². The maximum Gasteiger partial charge on any atom is 0.0595 e. The van der Waals surface area contributed by atoms with E-state index < -0.39 is 0 Å². The van der Waals surface area contributed by atoms with Crippen LogP contribution in [0.4, 0.5) is 0 Å². The molecule has 0 bridgehead atoms. The first-order valence-corrected chi connectivity index (χ1v) is 7.41. The molecule has 1 aromatic heterocycles. The summed E-state index contributed by atoms with van der Waals surface area (Å²) in [5.41, 5.74) is 0.993. The molecule has 2 heteroatoms. The second kappa shape index (κ2) is 10.1. The molecule has 1 heterocycles. The molecule has 0 aliphatic carbocycles. The zero-order valence-electron chi connectivity index (χ0n) is 11.6. The van der Waals surface area contributed by atoms with Crippen molar-refractivity contribution in [1.82, 2.24) is 4.98 Å². The van der Waals surface area contributed by atoms with Crippen molar-refractivity contribution in [2.45, 2.75) is 70.8 Å². The van der Waals surface area contributed by atoms with Gasteiger partial charge in [0.05, 0.1) is 6.10 Å². The number of hydrogen-bond donors (Lipinski definition) is 1. The van der Waals surface area contributed by atoms with Gasteiger partial charge in [0, 0.05) is 18.3 Å². The van der Waals surface area contributed by atoms with Crippen LogP contribution in [-0.4, -0.2) is 16.2 Å². The Kier molecular flexibility index (Phi) is 8.49. The predicted octanol–water partition coefficient (Wildman–Crippen LogP) is 4.13. The monoisotopic (exact) mass is 249 g/mol. The van der Waals surface area contributed by atoms with Gasteiger partial charge in [-0.1, -0.05) is 57.9 Å². The molecular weight excluding hydrogens is 222 g/mol. The average Bonchev–Trinajstić information content (AvgIpc) is 2.39. The van der Waals surface area contributed by atoms with Gasteiger partial charge in [-0.3, -0.25) is 4.98 Å². The van der Waals surface area contributed by atoms with Gasteiger partial charge in [0.25, 0.3) is 0 Å². The number of pyridine rings is 1.